The monoisotopic (exact) mass is 281 g/mol. The maximum Gasteiger partial charge on any atom is 0.187 e. The molecule has 102 valence electrons. The number of aryl methyl sites for hydroxylation is 1. The molecule has 7 nitrogen and oxygen atoms in total. The van der Waals surface area contributed by atoms with Crippen molar-refractivity contribution in [2.45, 2.75) is 30.5 Å². The molecule has 2 aromatic rings. The fourth-order valence-electron chi connectivity index (χ4n) is 1.72. The fourth-order valence-corrected chi connectivity index (χ4v) is 3.12. The largest absolute Gasteiger partial charge is 0.396 e. The predicted octanol–water partition coefficient (Wildman–Crippen LogP) is 0.639. The lowest BCUT2D eigenvalue weighted by atomic mass is 10.4. The summed E-state index contributed by atoms with van der Waals surface area (Å²) < 4.78 is 26.2. The molecule has 0 saturated carbocycles. The van der Waals surface area contributed by atoms with Crippen LogP contribution in [0.1, 0.15) is 19.2 Å². The van der Waals surface area contributed by atoms with Gasteiger partial charge in [-0.3, -0.25) is 4.98 Å². The molecule has 0 amide bonds. The topological polar surface area (TPSA) is 104 Å². The van der Waals surface area contributed by atoms with Gasteiger partial charge in [-0.05, 0) is 12.5 Å². The first-order valence-electron chi connectivity index (χ1n) is 5.83. The van der Waals surface area contributed by atoms with Crippen LogP contribution in [-0.4, -0.2) is 28.2 Å². The Morgan fingerprint density at radius 2 is 2.21 bits per heavy atom. The predicted molar refractivity (Wildman–Crippen MR) is 69.9 cm³/mol. The molecule has 0 atom stereocenters. The van der Waals surface area contributed by atoms with E-state index in [1.165, 1.54) is 24.8 Å². The highest BCUT2D eigenvalue weighted by Gasteiger charge is 2.21. The number of sulfone groups is 1. The number of nitrogens with zero attached hydrogens (tertiary/aromatic N) is 4. The van der Waals surface area contributed by atoms with E-state index in [9.17, 15) is 8.42 Å². The van der Waals surface area contributed by atoms with Gasteiger partial charge in [-0.1, -0.05) is 6.92 Å². The SMILES string of the molecule is CCCn1ncnc1CS(=O)(=O)c1ccncc1N. The maximum atomic E-state index is 12.3. The molecule has 2 N–H and O–H groups in total. The highest BCUT2D eigenvalue weighted by molar-refractivity contribution is 7.90. The summed E-state index contributed by atoms with van der Waals surface area (Å²) in [5, 5.41) is 4.00. The Kier molecular flexibility index (Phi) is 3.79. The van der Waals surface area contributed by atoms with Crippen molar-refractivity contribution in [1.29, 1.82) is 0 Å². The quantitative estimate of drug-likeness (QED) is 0.862. The van der Waals surface area contributed by atoms with Crippen molar-refractivity contribution in [2.24, 2.45) is 0 Å². The molecule has 19 heavy (non-hydrogen) atoms. The Morgan fingerprint density at radius 1 is 1.42 bits per heavy atom. The van der Waals surface area contributed by atoms with Gasteiger partial charge in [-0.15, -0.1) is 0 Å². The number of aromatic nitrogens is 4. The normalized spacial score (nSPS) is 11.6. The minimum absolute atomic E-state index is 0.0774. The van der Waals surface area contributed by atoms with Crippen LogP contribution in [0.4, 0.5) is 5.69 Å². The lowest BCUT2D eigenvalue weighted by Crippen LogP contribution is -2.13. The standard InChI is InChI=1S/C11H15N5O2S/c1-2-5-16-11(14-8-15-16)7-19(17,18)10-3-4-13-6-9(10)12/h3-4,6,8H,2,5,7,12H2,1H3. The van der Waals surface area contributed by atoms with Crippen LogP contribution in [0, 0.1) is 0 Å². The summed E-state index contributed by atoms with van der Waals surface area (Å²) in [5.74, 6) is 0.194. The van der Waals surface area contributed by atoms with Gasteiger partial charge in [-0.2, -0.15) is 5.10 Å². The van der Waals surface area contributed by atoms with Gasteiger partial charge in [0.2, 0.25) is 0 Å². The van der Waals surface area contributed by atoms with Crippen molar-refractivity contribution in [3.05, 3.63) is 30.6 Å². The fraction of sp³-hybridized carbons (Fsp3) is 0.364. The van der Waals surface area contributed by atoms with Crippen molar-refractivity contribution < 1.29 is 8.42 Å². The van der Waals surface area contributed by atoms with Crippen molar-refractivity contribution in [3.8, 4) is 0 Å². The van der Waals surface area contributed by atoms with E-state index in [0.717, 1.165) is 6.42 Å². The number of hydrogen-bond acceptors (Lipinski definition) is 6. The van der Waals surface area contributed by atoms with Crippen molar-refractivity contribution in [3.63, 3.8) is 0 Å². The molecule has 0 aliphatic carbocycles. The highest BCUT2D eigenvalue weighted by Crippen LogP contribution is 2.20. The molecule has 8 heteroatoms. The molecule has 0 saturated heterocycles. The number of anilines is 1. The Labute approximate surface area is 111 Å². The summed E-state index contributed by atoms with van der Waals surface area (Å²) in [6, 6.07) is 1.39. The third-order valence-electron chi connectivity index (χ3n) is 2.60. The summed E-state index contributed by atoms with van der Waals surface area (Å²) in [4.78, 5) is 7.85. The van der Waals surface area contributed by atoms with Crippen molar-refractivity contribution >= 4 is 15.5 Å². The second-order valence-electron chi connectivity index (χ2n) is 4.07. The third kappa shape index (κ3) is 2.90. The smallest absolute Gasteiger partial charge is 0.187 e. The first-order chi connectivity index (χ1) is 9.04. The first-order valence-corrected chi connectivity index (χ1v) is 7.48. The maximum absolute atomic E-state index is 12.3. The van der Waals surface area contributed by atoms with Gasteiger partial charge >= 0.3 is 0 Å². The summed E-state index contributed by atoms with van der Waals surface area (Å²) in [7, 11) is -3.54. The lowest BCUT2D eigenvalue weighted by molar-refractivity contribution is 0.566. The number of pyridine rings is 1. The van der Waals surface area contributed by atoms with Crippen molar-refractivity contribution in [1.82, 2.24) is 19.7 Å². The molecule has 0 bridgehead atoms. The van der Waals surface area contributed by atoms with E-state index in [-0.39, 0.29) is 16.3 Å². The van der Waals surface area contributed by atoms with Crippen LogP contribution in [0.5, 0.6) is 0 Å². The van der Waals surface area contributed by atoms with Gasteiger partial charge < -0.3 is 5.73 Å². The molecule has 0 radical (unpaired) electrons. The van der Waals surface area contributed by atoms with Crippen LogP contribution in [0.25, 0.3) is 0 Å². The van der Waals surface area contributed by atoms with Gasteiger partial charge in [0, 0.05) is 12.7 Å². The molecule has 2 heterocycles. The van der Waals surface area contributed by atoms with E-state index in [0.29, 0.717) is 12.4 Å². The van der Waals surface area contributed by atoms with Crippen LogP contribution in [0.3, 0.4) is 0 Å². The van der Waals surface area contributed by atoms with Gasteiger partial charge in [0.05, 0.1) is 16.8 Å². The second-order valence-corrected chi connectivity index (χ2v) is 6.03. The molecule has 0 spiro atoms. The molecule has 0 fully saturated rings. The average Bonchev–Trinajstić information content (AvgIpc) is 2.77. The van der Waals surface area contributed by atoms with Crippen LogP contribution < -0.4 is 5.73 Å². The zero-order valence-corrected chi connectivity index (χ0v) is 11.3. The Hall–Kier alpha value is -1.96. The zero-order chi connectivity index (χ0) is 13.9. The van der Waals surface area contributed by atoms with E-state index >= 15 is 0 Å². The molecule has 0 unspecified atom stereocenters. The number of hydrogen-bond donors (Lipinski definition) is 1. The number of nitrogens with two attached hydrogens (primary N) is 1. The van der Waals surface area contributed by atoms with Crippen LogP contribution in [0.15, 0.2) is 29.7 Å². The Bertz CT molecular complexity index is 665. The van der Waals surface area contributed by atoms with E-state index < -0.39 is 9.84 Å². The number of nitrogen functional groups attached to an aromatic ring is 1. The first kappa shape index (κ1) is 13.5. The average molecular weight is 281 g/mol. The minimum Gasteiger partial charge on any atom is -0.396 e. The van der Waals surface area contributed by atoms with Crippen molar-refractivity contribution in [2.75, 3.05) is 5.73 Å². The van der Waals surface area contributed by atoms with E-state index in [4.69, 9.17) is 5.73 Å². The Balaban J connectivity index is 2.32. The summed E-state index contributed by atoms with van der Waals surface area (Å²) in [6.45, 7) is 2.62. The summed E-state index contributed by atoms with van der Waals surface area (Å²) in [5.41, 5.74) is 5.79. The van der Waals surface area contributed by atoms with Crippen LogP contribution >= 0.6 is 0 Å². The molecule has 0 aromatic carbocycles. The second kappa shape index (κ2) is 5.35. The molecule has 2 aromatic heterocycles. The molecular weight excluding hydrogens is 266 g/mol. The number of rotatable bonds is 5. The molecule has 2 rings (SSSR count). The van der Waals surface area contributed by atoms with Gasteiger partial charge in [0.15, 0.2) is 9.84 Å². The highest BCUT2D eigenvalue weighted by atomic mass is 32.2. The lowest BCUT2D eigenvalue weighted by Gasteiger charge is -2.07. The van der Waals surface area contributed by atoms with Gasteiger partial charge in [0.25, 0.3) is 0 Å². The molecule has 0 aliphatic heterocycles. The molecular formula is C11H15N5O2S. The van der Waals surface area contributed by atoms with E-state index in [1.54, 1.807) is 4.68 Å². The van der Waals surface area contributed by atoms with E-state index in [2.05, 4.69) is 15.1 Å². The van der Waals surface area contributed by atoms with Gasteiger partial charge in [-0.25, -0.2) is 18.1 Å². The van der Waals surface area contributed by atoms with Crippen LogP contribution in [0.2, 0.25) is 0 Å². The summed E-state index contributed by atoms with van der Waals surface area (Å²) >= 11 is 0. The minimum atomic E-state index is -3.54. The van der Waals surface area contributed by atoms with Crippen LogP contribution in [-0.2, 0) is 22.1 Å². The third-order valence-corrected chi connectivity index (χ3v) is 4.28. The molecule has 0 aliphatic rings. The zero-order valence-electron chi connectivity index (χ0n) is 10.5. The van der Waals surface area contributed by atoms with E-state index in [1.807, 2.05) is 6.92 Å². The summed E-state index contributed by atoms with van der Waals surface area (Å²) in [6.07, 6.45) is 4.94. The Morgan fingerprint density at radius 3 is 2.89 bits per heavy atom. The van der Waals surface area contributed by atoms with Gasteiger partial charge in [0.1, 0.15) is 17.9 Å².